The maximum Gasteiger partial charge on any atom is 0.251 e. The standard InChI is InChI=1S/C30H35BrN4O4.ClH/c1-18(2)14-28(36)34-17-24(33-29(37)19(3)32-4)30(38)35(26-9-7-6-8-25(26)34)16-23-22-12-11-21(31)15-20(22)10-13-27(23)39-5;/h6-13,15,18-19,24,32H,14,16-17H2,1-5H3,(H,33,37);1H/t19-,24-;/m0./s1. The van der Waals surface area contributed by atoms with Crippen molar-refractivity contribution in [1.82, 2.24) is 10.6 Å². The summed E-state index contributed by atoms with van der Waals surface area (Å²) in [6.45, 7) is 5.93. The van der Waals surface area contributed by atoms with Crippen LogP contribution in [0.15, 0.2) is 59.1 Å². The van der Waals surface area contributed by atoms with Gasteiger partial charge in [-0.25, -0.2) is 0 Å². The SMILES string of the molecule is CN[C@@H](C)C(=O)N[C@H]1CN(C(=O)CC(C)C)c2ccccc2N(Cc2c(OC)ccc3cc(Br)ccc23)C1=O.Cl. The minimum atomic E-state index is -0.938. The van der Waals surface area contributed by atoms with E-state index in [4.69, 9.17) is 4.74 Å². The molecule has 0 fully saturated rings. The molecule has 4 rings (SSSR count). The minimum absolute atomic E-state index is 0. The second kappa shape index (κ2) is 13.5. The Morgan fingerprint density at radius 3 is 2.42 bits per heavy atom. The van der Waals surface area contributed by atoms with E-state index in [1.54, 1.807) is 30.9 Å². The third kappa shape index (κ3) is 6.59. The summed E-state index contributed by atoms with van der Waals surface area (Å²) in [7, 11) is 3.29. The van der Waals surface area contributed by atoms with Gasteiger partial charge in [0, 0.05) is 16.5 Å². The molecule has 8 nitrogen and oxygen atoms in total. The molecule has 0 unspecified atom stereocenters. The van der Waals surface area contributed by atoms with E-state index in [0.717, 1.165) is 20.8 Å². The fraction of sp³-hybridized carbons (Fsp3) is 0.367. The van der Waals surface area contributed by atoms with Crippen LogP contribution in [0.2, 0.25) is 0 Å². The molecule has 3 amide bonds. The largest absolute Gasteiger partial charge is 0.496 e. The van der Waals surface area contributed by atoms with E-state index in [1.165, 1.54) is 0 Å². The van der Waals surface area contributed by atoms with Crippen LogP contribution >= 0.6 is 28.3 Å². The third-order valence-corrected chi connectivity index (χ3v) is 7.50. The van der Waals surface area contributed by atoms with Gasteiger partial charge in [0.1, 0.15) is 11.8 Å². The van der Waals surface area contributed by atoms with Crippen molar-refractivity contribution in [2.45, 2.75) is 45.8 Å². The molecule has 0 aromatic heterocycles. The first-order valence-electron chi connectivity index (χ1n) is 13.1. The molecular formula is C30H36BrClN4O4. The fourth-order valence-corrected chi connectivity index (χ4v) is 5.22. The van der Waals surface area contributed by atoms with E-state index >= 15 is 0 Å². The predicted molar refractivity (Wildman–Crippen MR) is 165 cm³/mol. The number of rotatable bonds is 8. The fourth-order valence-electron chi connectivity index (χ4n) is 4.84. The molecule has 0 spiro atoms. The van der Waals surface area contributed by atoms with Gasteiger partial charge < -0.3 is 25.2 Å². The number of carbonyl (C=O) groups is 3. The zero-order chi connectivity index (χ0) is 28.3. The van der Waals surface area contributed by atoms with E-state index in [1.807, 2.05) is 68.4 Å². The zero-order valence-corrected chi connectivity index (χ0v) is 25.8. The lowest BCUT2D eigenvalue weighted by Crippen LogP contribution is -2.55. The number of methoxy groups -OCH3 is 1. The van der Waals surface area contributed by atoms with E-state index in [2.05, 4.69) is 26.6 Å². The van der Waals surface area contributed by atoms with Crippen LogP contribution in [0, 0.1) is 5.92 Å². The van der Waals surface area contributed by atoms with Gasteiger partial charge in [0.2, 0.25) is 11.8 Å². The molecule has 0 saturated heterocycles. The number of para-hydroxylation sites is 2. The van der Waals surface area contributed by atoms with Crippen molar-refractivity contribution in [3.63, 3.8) is 0 Å². The van der Waals surface area contributed by atoms with Gasteiger partial charge in [0.15, 0.2) is 0 Å². The number of benzene rings is 3. The van der Waals surface area contributed by atoms with Gasteiger partial charge in [-0.3, -0.25) is 14.4 Å². The average molecular weight is 632 g/mol. The molecule has 0 saturated carbocycles. The minimum Gasteiger partial charge on any atom is -0.496 e. The summed E-state index contributed by atoms with van der Waals surface area (Å²) in [5.74, 6) is 0.0779. The van der Waals surface area contributed by atoms with Crippen molar-refractivity contribution < 1.29 is 19.1 Å². The van der Waals surface area contributed by atoms with Gasteiger partial charge in [-0.1, -0.05) is 54.0 Å². The summed E-state index contributed by atoms with van der Waals surface area (Å²) in [6.07, 6.45) is 0.322. The van der Waals surface area contributed by atoms with Gasteiger partial charge in [-0.05, 0) is 61.0 Å². The number of nitrogens with zero attached hydrogens (tertiary/aromatic N) is 2. The van der Waals surface area contributed by atoms with Crippen molar-refractivity contribution in [3.05, 3.63) is 64.6 Å². The Balaban J connectivity index is 0.00000441. The van der Waals surface area contributed by atoms with Crippen LogP contribution in [0.3, 0.4) is 0 Å². The van der Waals surface area contributed by atoms with Crippen LogP contribution in [-0.4, -0.2) is 50.5 Å². The van der Waals surface area contributed by atoms with Gasteiger partial charge >= 0.3 is 0 Å². The van der Waals surface area contributed by atoms with E-state index in [0.29, 0.717) is 23.5 Å². The molecule has 10 heteroatoms. The van der Waals surface area contributed by atoms with Crippen molar-refractivity contribution in [2.24, 2.45) is 5.92 Å². The number of ether oxygens (including phenoxy) is 1. The molecule has 3 aromatic carbocycles. The Morgan fingerprint density at radius 1 is 1.07 bits per heavy atom. The Kier molecular flexibility index (Phi) is 10.6. The molecule has 0 bridgehead atoms. The van der Waals surface area contributed by atoms with Crippen LogP contribution in [-0.2, 0) is 20.9 Å². The van der Waals surface area contributed by atoms with Gasteiger partial charge in [0.05, 0.1) is 37.6 Å². The molecule has 1 aliphatic heterocycles. The maximum absolute atomic E-state index is 14.2. The van der Waals surface area contributed by atoms with Crippen molar-refractivity contribution in [1.29, 1.82) is 0 Å². The molecule has 0 aliphatic carbocycles. The Morgan fingerprint density at radius 2 is 1.77 bits per heavy atom. The molecule has 2 atom stereocenters. The molecule has 3 aromatic rings. The van der Waals surface area contributed by atoms with E-state index in [-0.39, 0.29) is 49.1 Å². The smallest absolute Gasteiger partial charge is 0.251 e. The highest BCUT2D eigenvalue weighted by Crippen LogP contribution is 2.37. The lowest BCUT2D eigenvalue weighted by atomic mass is 10.0. The summed E-state index contributed by atoms with van der Waals surface area (Å²) in [5, 5.41) is 7.76. The van der Waals surface area contributed by atoms with Crippen molar-refractivity contribution in [2.75, 3.05) is 30.5 Å². The summed E-state index contributed by atoms with van der Waals surface area (Å²) in [4.78, 5) is 43.9. The Bertz CT molecular complexity index is 1400. The molecule has 40 heavy (non-hydrogen) atoms. The van der Waals surface area contributed by atoms with Gasteiger partial charge in [-0.2, -0.15) is 0 Å². The van der Waals surface area contributed by atoms with E-state index < -0.39 is 12.1 Å². The lowest BCUT2D eigenvalue weighted by molar-refractivity contribution is -0.128. The second-order valence-corrected chi connectivity index (χ2v) is 11.1. The highest BCUT2D eigenvalue weighted by molar-refractivity contribution is 9.10. The summed E-state index contributed by atoms with van der Waals surface area (Å²) >= 11 is 3.54. The Labute approximate surface area is 250 Å². The number of anilines is 2. The monoisotopic (exact) mass is 630 g/mol. The van der Waals surface area contributed by atoms with Crippen LogP contribution in [0.1, 0.15) is 32.8 Å². The number of carbonyl (C=O) groups excluding carboxylic acids is 3. The van der Waals surface area contributed by atoms with Crippen molar-refractivity contribution >= 4 is 68.2 Å². The molecule has 1 aliphatic rings. The highest BCUT2D eigenvalue weighted by atomic mass is 79.9. The van der Waals surface area contributed by atoms with Crippen LogP contribution in [0.25, 0.3) is 10.8 Å². The van der Waals surface area contributed by atoms with Crippen LogP contribution in [0.5, 0.6) is 5.75 Å². The summed E-state index contributed by atoms with van der Waals surface area (Å²) in [6, 6.07) is 15.8. The zero-order valence-electron chi connectivity index (χ0n) is 23.4. The van der Waals surface area contributed by atoms with Crippen LogP contribution < -0.4 is 25.2 Å². The Hall–Kier alpha value is -3.14. The number of halogens is 2. The lowest BCUT2D eigenvalue weighted by Gasteiger charge is -2.27. The number of fused-ring (bicyclic) bond motifs is 2. The number of nitrogens with one attached hydrogen (secondary N) is 2. The van der Waals surface area contributed by atoms with Gasteiger partial charge in [-0.15, -0.1) is 12.4 Å². The third-order valence-electron chi connectivity index (χ3n) is 7.01. The highest BCUT2D eigenvalue weighted by Gasteiger charge is 2.37. The number of likely N-dealkylation sites (N-methyl/N-ethyl adjacent to an activating group) is 1. The molecule has 214 valence electrons. The first-order valence-corrected chi connectivity index (χ1v) is 13.9. The average Bonchev–Trinajstić information content (AvgIpc) is 3.02. The maximum atomic E-state index is 14.2. The topological polar surface area (TPSA) is 91.0 Å². The molecule has 2 N–H and O–H groups in total. The predicted octanol–water partition coefficient (Wildman–Crippen LogP) is 5.05. The van der Waals surface area contributed by atoms with Crippen LogP contribution in [0.4, 0.5) is 11.4 Å². The number of hydrogen-bond donors (Lipinski definition) is 2. The first kappa shape index (κ1) is 31.4. The quantitative estimate of drug-likeness (QED) is 0.363. The number of hydrogen-bond acceptors (Lipinski definition) is 5. The first-order chi connectivity index (χ1) is 18.6. The number of amides is 3. The normalized spacial score (nSPS) is 15.8. The molecule has 1 heterocycles. The molecule has 0 radical (unpaired) electrons. The summed E-state index contributed by atoms with van der Waals surface area (Å²) < 4.78 is 6.68. The van der Waals surface area contributed by atoms with Gasteiger partial charge in [0.25, 0.3) is 5.91 Å². The molecular weight excluding hydrogens is 596 g/mol. The van der Waals surface area contributed by atoms with E-state index in [9.17, 15) is 14.4 Å². The summed E-state index contributed by atoms with van der Waals surface area (Å²) in [5.41, 5.74) is 2.08. The second-order valence-electron chi connectivity index (χ2n) is 10.2. The van der Waals surface area contributed by atoms with Crippen molar-refractivity contribution in [3.8, 4) is 5.75 Å².